The molecule has 1 aliphatic rings. The predicted molar refractivity (Wildman–Crippen MR) is 101 cm³/mol. The summed E-state index contributed by atoms with van der Waals surface area (Å²) in [6, 6.07) is 15.7. The van der Waals surface area contributed by atoms with Gasteiger partial charge in [-0.3, -0.25) is 4.79 Å². The normalized spacial score (nSPS) is 13.7. The van der Waals surface area contributed by atoms with Crippen molar-refractivity contribution in [1.82, 2.24) is 20.3 Å². The van der Waals surface area contributed by atoms with E-state index in [0.29, 0.717) is 11.4 Å². The lowest BCUT2D eigenvalue weighted by atomic mass is 10.0. The average Bonchev–Trinajstić information content (AvgIpc) is 2.90. The monoisotopic (exact) mass is 347 g/mol. The Kier molecular flexibility index (Phi) is 4.50. The molecule has 2 heterocycles. The van der Waals surface area contributed by atoms with Crippen LogP contribution in [0.4, 0.5) is 5.69 Å². The number of hydrogen-bond donors (Lipinski definition) is 2. The van der Waals surface area contributed by atoms with E-state index in [1.807, 2.05) is 36.4 Å². The predicted octanol–water partition coefficient (Wildman–Crippen LogP) is 2.52. The molecule has 6 heteroatoms. The van der Waals surface area contributed by atoms with Gasteiger partial charge in [0.2, 0.25) is 0 Å². The topological polar surface area (TPSA) is 71.8 Å². The minimum atomic E-state index is -0.239. The highest BCUT2D eigenvalue weighted by Crippen LogP contribution is 2.19. The molecule has 0 atom stereocenters. The van der Waals surface area contributed by atoms with Crippen LogP contribution in [0, 0.1) is 6.92 Å². The Hall–Kier alpha value is -2.99. The SMILES string of the molecule is Cc1nn(-c2ccccc2)nc1C(=O)Nc1ccc2c(c1)CCNCC2. The van der Waals surface area contributed by atoms with Gasteiger partial charge in [0, 0.05) is 5.69 Å². The zero-order valence-corrected chi connectivity index (χ0v) is 14.7. The highest BCUT2D eigenvalue weighted by atomic mass is 16.2. The van der Waals surface area contributed by atoms with Gasteiger partial charge in [-0.1, -0.05) is 24.3 Å². The van der Waals surface area contributed by atoms with Gasteiger partial charge in [0.15, 0.2) is 5.69 Å². The molecule has 1 amide bonds. The fourth-order valence-electron chi connectivity index (χ4n) is 3.21. The second kappa shape index (κ2) is 7.09. The van der Waals surface area contributed by atoms with Crippen molar-refractivity contribution in [2.45, 2.75) is 19.8 Å². The number of anilines is 1. The molecule has 6 nitrogen and oxygen atoms in total. The number of amides is 1. The Bertz CT molecular complexity index is 933. The molecule has 0 saturated heterocycles. The molecular formula is C20H21N5O. The number of carbonyl (C=O) groups excluding carboxylic acids is 1. The highest BCUT2D eigenvalue weighted by molar-refractivity contribution is 6.03. The molecule has 2 N–H and O–H groups in total. The maximum Gasteiger partial charge on any atom is 0.278 e. The van der Waals surface area contributed by atoms with Crippen molar-refractivity contribution < 1.29 is 4.79 Å². The first-order valence-corrected chi connectivity index (χ1v) is 8.84. The summed E-state index contributed by atoms with van der Waals surface area (Å²) in [6.07, 6.45) is 2.00. The maximum absolute atomic E-state index is 12.7. The van der Waals surface area contributed by atoms with Gasteiger partial charge in [0.25, 0.3) is 5.91 Å². The second-order valence-electron chi connectivity index (χ2n) is 6.45. The van der Waals surface area contributed by atoms with Crippen LogP contribution in [0.5, 0.6) is 0 Å². The molecule has 0 fully saturated rings. The van der Waals surface area contributed by atoms with Gasteiger partial charge < -0.3 is 10.6 Å². The van der Waals surface area contributed by atoms with Crippen LogP contribution in [-0.2, 0) is 12.8 Å². The van der Waals surface area contributed by atoms with E-state index >= 15 is 0 Å². The van der Waals surface area contributed by atoms with Crippen LogP contribution in [0.1, 0.15) is 27.3 Å². The molecule has 0 radical (unpaired) electrons. The van der Waals surface area contributed by atoms with Crippen LogP contribution >= 0.6 is 0 Å². The third-order valence-electron chi connectivity index (χ3n) is 4.59. The minimum Gasteiger partial charge on any atom is -0.321 e. The van der Waals surface area contributed by atoms with Gasteiger partial charge in [0.05, 0.1) is 11.4 Å². The molecule has 3 aromatic rings. The summed E-state index contributed by atoms with van der Waals surface area (Å²) >= 11 is 0. The molecule has 0 unspecified atom stereocenters. The number of aryl methyl sites for hydroxylation is 1. The quantitative estimate of drug-likeness (QED) is 0.764. The smallest absolute Gasteiger partial charge is 0.278 e. The van der Waals surface area contributed by atoms with Crippen LogP contribution in [0.15, 0.2) is 48.5 Å². The van der Waals surface area contributed by atoms with Crippen molar-refractivity contribution in [1.29, 1.82) is 0 Å². The third kappa shape index (κ3) is 3.36. The summed E-state index contributed by atoms with van der Waals surface area (Å²) < 4.78 is 0. The number of nitrogens with zero attached hydrogens (tertiary/aromatic N) is 3. The summed E-state index contributed by atoms with van der Waals surface area (Å²) in [5.74, 6) is -0.239. The molecule has 0 spiro atoms. The van der Waals surface area contributed by atoms with E-state index in [1.165, 1.54) is 15.9 Å². The number of benzene rings is 2. The summed E-state index contributed by atoms with van der Waals surface area (Å²) in [6.45, 7) is 3.76. The molecule has 0 aliphatic carbocycles. The number of para-hydroxylation sites is 1. The van der Waals surface area contributed by atoms with E-state index in [-0.39, 0.29) is 5.91 Å². The van der Waals surface area contributed by atoms with E-state index in [1.54, 1.807) is 6.92 Å². The van der Waals surface area contributed by atoms with E-state index in [2.05, 4.69) is 33.0 Å². The van der Waals surface area contributed by atoms with Crippen molar-refractivity contribution in [2.75, 3.05) is 18.4 Å². The Balaban J connectivity index is 1.55. The van der Waals surface area contributed by atoms with Crippen molar-refractivity contribution in [3.8, 4) is 5.69 Å². The fraction of sp³-hybridized carbons (Fsp3) is 0.250. The van der Waals surface area contributed by atoms with Gasteiger partial charge in [-0.2, -0.15) is 9.90 Å². The van der Waals surface area contributed by atoms with Crippen molar-refractivity contribution in [3.05, 3.63) is 71.0 Å². The van der Waals surface area contributed by atoms with Crippen LogP contribution in [0.3, 0.4) is 0 Å². The van der Waals surface area contributed by atoms with Crippen molar-refractivity contribution >= 4 is 11.6 Å². The van der Waals surface area contributed by atoms with Crippen LogP contribution in [0.2, 0.25) is 0 Å². The van der Waals surface area contributed by atoms with Gasteiger partial charge in [-0.15, -0.1) is 5.10 Å². The number of aromatic nitrogens is 3. The van der Waals surface area contributed by atoms with E-state index < -0.39 is 0 Å². The molecule has 26 heavy (non-hydrogen) atoms. The lowest BCUT2D eigenvalue weighted by Crippen LogP contribution is -2.16. The number of carbonyl (C=O) groups is 1. The Morgan fingerprint density at radius 1 is 1.04 bits per heavy atom. The Morgan fingerprint density at radius 2 is 1.81 bits per heavy atom. The largest absolute Gasteiger partial charge is 0.321 e. The van der Waals surface area contributed by atoms with Gasteiger partial charge in [0.1, 0.15) is 0 Å². The number of rotatable bonds is 3. The number of fused-ring (bicyclic) bond motifs is 1. The second-order valence-corrected chi connectivity index (χ2v) is 6.45. The minimum absolute atomic E-state index is 0.239. The molecule has 2 aromatic carbocycles. The van der Waals surface area contributed by atoms with Gasteiger partial charge >= 0.3 is 0 Å². The lowest BCUT2D eigenvalue weighted by Gasteiger charge is -2.09. The molecule has 0 saturated carbocycles. The van der Waals surface area contributed by atoms with Gasteiger partial charge in [-0.25, -0.2) is 0 Å². The zero-order chi connectivity index (χ0) is 17.9. The Morgan fingerprint density at radius 3 is 2.62 bits per heavy atom. The zero-order valence-electron chi connectivity index (χ0n) is 14.7. The lowest BCUT2D eigenvalue weighted by molar-refractivity contribution is 0.102. The summed E-state index contributed by atoms with van der Waals surface area (Å²) in [5, 5.41) is 15.1. The molecule has 4 rings (SSSR count). The van der Waals surface area contributed by atoms with Crippen molar-refractivity contribution in [2.24, 2.45) is 0 Å². The molecule has 1 aliphatic heterocycles. The number of nitrogens with one attached hydrogen (secondary N) is 2. The Labute approximate surface area is 152 Å². The molecular weight excluding hydrogens is 326 g/mol. The van der Waals surface area contributed by atoms with E-state index in [9.17, 15) is 4.79 Å². The summed E-state index contributed by atoms with van der Waals surface area (Å²) in [7, 11) is 0. The third-order valence-corrected chi connectivity index (χ3v) is 4.59. The van der Waals surface area contributed by atoms with Crippen LogP contribution < -0.4 is 10.6 Å². The number of hydrogen-bond acceptors (Lipinski definition) is 4. The van der Waals surface area contributed by atoms with Gasteiger partial charge in [-0.05, 0) is 68.2 Å². The molecule has 132 valence electrons. The first kappa shape index (κ1) is 16.5. The average molecular weight is 347 g/mol. The molecule has 1 aromatic heterocycles. The van der Waals surface area contributed by atoms with E-state index in [4.69, 9.17) is 0 Å². The van der Waals surface area contributed by atoms with Crippen molar-refractivity contribution in [3.63, 3.8) is 0 Å². The molecule has 0 bridgehead atoms. The maximum atomic E-state index is 12.7. The summed E-state index contributed by atoms with van der Waals surface area (Å²) in [5.41, 5.74) is 5.20. The first-order valence-electron chi connectivity index (χ1n) is 8.84. The summed E-state index contributed by atoms with van der Waals surface area (Å²) in [4.78, 5) is 14.2. The van der Waals surface area contributed by atoms with E-state index in [0.717, 1.165) is 37.3 Å². The first-order chi connectivity index (χ1) is 12.7. The fourth-order valence-corrected chi connectivity index (χ4v) is 3.21. The standard InChI is InChI=1S/C20H21N5O/c1-14-19(24-25(23-14)18-5-3-2-4-6-18)20(26)22-17-8-7-15-9-11-21-12-10-16(15)13-17/h2-8,13,21H,9-12H2,1H3,(H,22,26). The van der Waals surface area contributed by atoms with Crippen LogP contribution in [0.25, 0.3) is 5.69 Å². The highest BCUT2D eigenvalue weighted by Gasteiger charge is 2.17. The van der Waals surface area contributed by atoms with Crippen LogP contribution in [-0.4, -0.2) is 34.0 Å².